The van der Waals surface area contributed by atoms with Crippen LogP contribution in [0.2, 0.25) is 0 Å². The molecule has 0 bridgehead atoms. The van der Waals surface area contributed by atoms with E-state index in [1.807, 2.05) is 30.3 Å². The van der Waals surface area contributed by atoms with Gasteiger partial charge in [0, 0.05) is 16.2 Å². The predicted molar refractivity (Wildman–Crippen MR) is 107 cm³/mol. The minimum absolute atomic E-state index is 0.432. The van der Waals surface area contributed by atoms with E-state index in [1.54, 1.807) is 33.5 Å². The van der Waals surface area contributed by atoms with Crippen molar-refractivity contribution in [2.75, 3.05) is 21.3 Å². The molecule has 0 radical (unpaired) electrons. The zero-order valence-electron chi connectivity index (χ0n) is 15.3. The lowest BCUT2D eigenvalue weighted by Gasteiger charge is -2.14. The van der Waals surface area contributed by atoms with Crippen LogP contribution in [0.25, 0.3) is 38.6 Å². The van der Waals surface area contributed by atoms with Crippen molar-refractivity contribution < 1.29 is 18.6 Å². The van der Waals surface area contributed by atoms with Crippen LogP contribution >= 0.6 is 0 Å². The van der Waals surface area contributed by atoms with Crippen molar-refractivity contribution in [3.63, 3.8) is 0 Å². The molecule has 0 atom stereocenters. The standard InChI is InChI=1S/C22H18O5/c1-5-12-9-15-19(17(10-12)25-3)14-11-18(26-4)20-13(21(14)27-22(15)23)7-6-8-16(20)24-2/h5-11H,1H2,2-4H3. The molecule has 3 aromatic carbocycles. The molecule has 5 heteroatoms. The second kappa shape index (κ2) is 6.36. The Bertz CT molecular complexity index is 1270. The normalized spacial score (nSPS) is 11.1. The highest BCUT2D eigenvalue weighted by Crippen LogP contribution is 2.42. The van der Waals surface area contributed by atoms with Crippen LogP contribution in [0.15, 0.2) is 52.2 Å². The topological polar surface area (TPSA) is 57.9 Å². The third-order valence-corrected chi connectivity index (χ3v) is 4.74. The third-order valence-electron chi connectivity index (χ3n) is 4.74. The molecule has 1 heterocycles. The predicted octanol–water partition coefficient (Wildman–Crippen LogP) is 4.77. The van der Waals surface area contributed by atoms with Crippen LogP contribution in [0.4, 0.5) is 0 Å². The Kier molecular flexibility index (Phi) is 4.00. The summed E-state index contributed by atoms with van der Waals surface area (Å²) in [6.07, 6.45) is 1.66. The molecular formula is C22H18O5. The summed E-state index contributed by atoms with van der Waals surface area (Å²) < 4.78 is 22.4. The summed E-state index contributed by atoms with van der Waals surface area (Å²) in [6, 6.07) is 11.0. The summed E-state index contributed by atoms with van der Waals surface area (Å²) in [4.78, 5) is 12.8. The summed E-state index contributed by atoms with van der Waals surface area (Å²) >= 11 is 0. The molecule has 0 unspecified atom stereocenters. The Morgan fingerprint density at radius 2 is 1.56 bits per heavy atom. The summed E-state index contributed by atoms with van der Waals surface area (Å²) in [5.74, 6) is 1.84. The fraction of sp³-hybridized carbons (Fsp3) is 0.136. The quantitative estimate of drug-likeness (QED) is 0.387. The van der Waals surface area contributed by atoms with Crippen LogP contribution < -0.4 is 19.8 Å². The smallest absolute Gasteiger partial charge is 0.344 e. The summed E-state index contributed by atoms with van der Waals surface area (Å²) in [6.45, 7) is 3.77. The lowest BCUT2D eigenvalue weighted by atomic mass is 9.99. The fourth-order valence-electron chi connectivity index (χ4n) is 3.52. The Hall–Kier alpha value is -3.47. The Morgan fingerprint density at radius 3 is 2.22 bits per heavy atom. The van der Waals surface area contributed by atoms with Crippen LogP contribution in [-0.4, -0.2) is 21.3 Å². The van der Waals surface area contributed by atoms with Crippen LogP contribution in [0.5, 0.6) is 17.2 Å². The number of rotatable bonds is 4. The van der Waals surface area contributed by atoms with E-state index < -0.39 is 5.63 Å². The average molecular weight is 362 g/mol. The fourth-order valence-corrected chi connectivity index (χ4v) is 3.52. The van der Waals surface area contributed by atoms with Gasteiger partial charge in [0.25, 0.3) is 0 Å². The van der Waals surface area contributed by atoms with Gasteiger partial charge in [0.2, 0.25) is 0 Å². The minimum Gasteiger partial charge on any atom is -0.496 e. The van der Waals surface area contributed by atoms with Gasteiger partial charge < -0.3 is 18.6 Å². The monoisotopic (exact) mass is 362 g/mol. The van der Waals surface area contributed by atoms with E-state index >= 15 is 0 Å². The summed E-state index contributed by atoms with van der Waals surface area (Å²) in [5.41, 5.74) is 0.807. The Labute approximate surface area is 155 Å². The van der Waals surface area contributed by atoms with E-state index in [4.69, 9.17) is 18.6 Å². The van der Waals surface area contributed by atoms with Crippen molar-refractivity contribution in [1.82, 2.24) is 0 Å². The van der Waals surface area contributed by atoms with Gasteiger partial charge in [0.05, 0.1) is 32.1 Å². The molecule has 0 aliphatic heterocycles. The van der Waals surface area contributed by atoms with Crippen molar-refractivity contribution >= 4 is 38.6 Å². The highest BCUT2D eigenvalue weighted by atomic mass is 16.5. The highest BCUT2D eigenvalue weighted by molar-refractivity contribution is 6.18. The van der Waals surface area contributed by atoms with Gasteiger partial charge in [0.15, 0.2) is 0 Å². The largest absolute Gasteiger partial charge is 0.496 e. The molecule has 0 saturated carbocycles. The van der Waals surface area contributed by atoms with E-state index in [2.05, 4.69) is 6.58 Å². The van der Waals surface area contributed by atoms with Gasteiger partial charge >= 0.3 is 5.63 Å². The number of ether oxygens (including phenoxy) is 3. The summed E-state index contributed by atoms with van der Waals surface area (Å²) in [7, 11) is 4.76. The molecular weight excluding hydrogens is 344 g/mol. The number of benzene rings is 3. The van der Waals surface area contributed by atoms with Crippen LogP contribution in [0.3, 0.4) is 0 Å². The molecule has 0 fully saturated rings. The highest BCUT2D eigenvalue weighted by Gasteiger charge is 2.19. The van der Waals surface area contributed by atoms with Crippen LogP contribution in [-0.2, 0) is 0 Å². The van der Waals surface area contributed by atoms with Gasteiger partial charge in [0.1, 0.15) is 22.8 Å². The molecule has 1 aromatic heterocycles. The van der Waals surface area contributed by atoms with Gasteiger partial charge in [-0.05, 0) is 29.8 Å². The van der Waals surface area contributed by atoms with Crippen molar-refractivity contribution in [1.29, 1.82) is 0 Å². The molecule has 4 rings (SSSR count). The molecule has 0 aliphatic rings. The first-order valence-corrected chi connectivity index (χ1v) is 8.37. The van der Waals surface area contributed by atoms with Gasteiger partial charge in [-0.15, -0.1) is 0 Å². The third kappa shape index (κ3) is 2.43. The Morgan fingerprint density at radius 1 is 0.852 bits per heavy atom. The van der Waals surface area contributed by atoms with Crippen molar-refractivity contribution in [2.24, 2.45) is 0 Å². The van der Waals surface area contributed by atoms with Gasteiger partial charge in [-0.25, -0.2) is 4.79 Å². The Balaban J connectivity index is 2.32. The summed E-state index contributed by atoms with van der Waals surface area (Å²) in [5, 5.41) is 3.32. The maximum Gasteiger partial charge on any atom is 0.344 e. The zero-order chi connectivity index (χ0) is 19.1. The van der Waals surface area contributed by atoms with Gasteiger partial charge in [-0.2, -0.15) is 0 Å². The lowest BCUT2D eigenvalue weighted by Crippen LogP contribution is -2.03. The number of hydrogen-bond acceptors (Lipinski definition) is 5. The van der Waals surface area contributed by atoms with Crippen molar-refractivity contribution in [3.05, 3.63) is 59.0 Å². The molecule has 0 spiro atoms. The first-order chi connectivity index (χ1) is 13.1. The molecule has 0 aliphatic carbocycles. The first kappa shape index (κ1) is 17.0. The second-order valence-electron chi connectivity index (χ2n) is 6.08. The van der Waals surface area contributed by atoms with E-state index in [0.29, 0.717) is 33.6 Å². The molecule has 0 N–H and O–H groups in total. The van der Waals surface area contributed by atoms with E-state index in [9.17, 15) is 4.79 Å². The molecule has 4 aromatic rings. The molecule has 27 heavy (non-hydrogen) atoms. The second-order valence-corrected chi connectivity index (χ2v) is 6.08. The number of hydrogen-bond donors (Lipinski definition) is 0. The van der Waals surface area contributed by atoms with Crippen molar-refractivity contribution in [3.8, 4) is 17.2 Å². The average Bonchev–Trinajstić information content (AvgIpc) is 2.72. The number of methoxy groups -OCH3 is 3. The van der Waals surface area contributed by atoms with Crippen molar-refractivity contribution in [2.45, 2.75) is 0 Å². The van der Waals surface area contributed by atoms with E-state index in [0.717, 1.165) is 21.7 Å². The maximum absolute atomic E-state index is 12.8. The molecule has 136 valence electrons. The minimum atomic E-state index is -0.436. The van der Waals surface area contributed by atoms with Crippen LogP contribution in [0.1, 0.15) is 5.56 Å². The van der Waals surface area contributed by atoms with Crippen LogP contribution in [0, 0.1) is 0 Å². The van der Waals surface area contributed by atoms with Gasteiger partial charge in [-0.1, -0.05) is 24.8 Å². The van der Waals surface area contributed by atoms with E-state index in [1.165, 1.54) is 0 Å². The molecule has 0 saturated heterocycles. The van der Waals surface area contributed by atoms with E-state index in [-0.39, 0.29) is 0 Å². The lowest BCUT2D eigenvalue weighted by molar-refractivity contribution is 0.405. The molecule has 5 nitrogen and oxygen atoms in total. The maximum atomic E-state index is 12.8. The zero-order valence-corrected chi connectivity index (χ0v) is 15.3. The number of fused-ring (bicyclic) bond motifs is 5. The SMILES string of the molecule is C=Cc1cc(OC)c2c(c1)c(=O)oc1c3cccc(OC)c3c(OC)cc12. The molecule has 0 amide bonds. The first-order valence-electron chi connectivity index (χ1n) is 8.37. The van der Waals surface area contributed by atoms with Gasteiger partial charge in [-0.3, -0.25) is 0 Å².